The first-order chi connectivity index (χ1) is 12.1. The molecule has 4 nitrogen and oxygen atoms in total. The largest absolute Gasteiger partial charge is 0.393 e. The normalized spacial score (nSPS) is 34.0. The van der Waals surface area contributed by atoms with Crippen LogP contribution < -0.4 is 0 Å². The summed E-state index contributed by atoms with van der Waals surface area (Å²) >= 11 is 0. The molecular formula is C22H40O4. The van der Waals surface area contributed by atoms with Crippen molar-refractivity contribution in [1.82, 2.24) is 0 Å². The third kappa shape index (κ3) is 6.80. The van der Waals surface area contributed by atoms with Crippen molar-refractivity contribution in [3.05, 3.63) is 25.3 Å². The van der Waals surface area contributed by atoms with E-state index in [0.29, 0.717) is 35.9 Å². The van der Waals surface area contributed by atoms with Crippen molar-refractivity contribution in [1.29, 1.82) is 0 Å². The third-order valence-corrected chi connectivity index (χ3v) is 5.50. The molecule has 0 aromatic heterocycles. The van der Waals surface area contributed by atoms with E-state index in [1.165, 1.54) is 0 Å². The summed E-state index contributed by atoms with van der Waals surface area (Å²) in [7, 11) is 0. The maximum atomic E-state index is 9.75. The number of aliphatic hydroxyl groups is 2. The summed E-state index contributed by atoms with van der Waals surface area (Å²) in [5.41, 5.74) is 0. The van der Waals surface area contributed by atoms with Crippen LogP contribution in [0.5, 0.6) is 0 Å². The molecule has 2 aliphatic rings. The highest BCUT2D eigenvalue weighted by Crippen LogP contribution is 2.32. The lowest BCUT2D eigenvalue weighted by molar-refractivity contribution is -0.0360. The molecule has 0 aliphatic carbocycles. The van der Waals surface area contributed by atoms with E-state index in [4.69, 9.17) is 9.47 Å². The number of rotatable bonds is 8. The number of hydrogen-bond acceptors (Lipinski definition) is 4. The predicted molar refractivity (Wildman–Crippen MR) is 107 cm³/mol. The van der Waals surface area contributed by atoms with Gasteiger partial charge in [-0.3, -0.25) is 0 Å². The summed E-state index contributed by atoms with van der Waals surface area (Å²) in [5, 5.41) is 19.3. The van der Waals surface area contributed by atoms with Gasteiger partial charge >= 0.3 is 0 Å². The van der Waals surface area contributed by atoms with E-state index in [0.717, 1.165) is 12.8 Å². The van der Waals surface area contributed by atoms with Crippen LogP contribution in [0.3, 0.4) is 0 Å². The van der Waals surface area contributed by atoms with Gasteiger partial charge in [-0.15, -0.1) is 13.2 Å². The number of hydrogen-bond donors (Lipinski definition) is 2. The van der Waals surface area contributed by atoms with Crippen molar-refractivity contribution in [2.75, 3.05) is 0 Å². The highest BCUT2D eigenvalue weighted by molar-refractivity contribution is 4.99. The van der Waals surface area contributed by atoms with Crippen molar-refractivity contribution in [3.63, 3.8) is 0 Å². The Morgan fingerprint density at radius 3 is 2.08 bits per heavy atom. The second-order valence-electron chi connectivity index (χ2n) is 8.64. The van der Waals surface area contributed by atoms with Crippen molar-refractivity contribution in [2.45, 2.75) is 91.0 Å². The minimum Gasteiger partial charge on any atom is -0.393 e. The van der Waals surface area contributed by atoms with Crippen molar-refractivity contribution >= 4 is 0 Å². The Kier molecular flexibility index (Phi) is 9.53. The highest BCUT2D eigenvalue weighted by atomic mass is 16.6. The molecule has 0 saturated carbocycles. The molecule has 0 aromatic rings. The Morgan fingerprint density at radius 1 is 1.08 bits per heavy atom. The van der Waals surface area contributed by atoms with Gasteiger partial charge in [0.25, 0.3) is 0 Å². The molecule has 26 heavy (non-hydrogen) atoms. The van der Waals surface area contributed by atoms with Crippen molar-refractivity contribution in [2.24, 2.45) is 23.7 Å². The van der Waals surface area contributed by atoms with Crippen LogP contribution in [-0.4, -0.2) is 46.8 Å². The maximum Gasteiger partial charge on any atom is 0.102 e. The van der Waals surface area contributed by atoms with Gasteiger partial charge in [0.15, 0.2) is 0 Å². The summed E-state index contributed by atoms with van der Waals surface area (Å²) in [6.07, 6.45) is 5.34. The molecule has 4 heteroatoms. The first kappa shape index (κ1) is 23.4. The number of ether oxygens (including phenoxy) is 2. The van der Waals surface area contributed by atoms with Gasteiger partial charge in [-0.2, -0.15) is 0 Å². The molecule has 0 spiro atoms. The van der Waals surface area contributed by atoms with Crippen LogP contribution in [0.15, 0.2) is 25.3 Å². The molecular weight excluding hydrogens is 328 g/mol. The van der Waals surface area contributed by atoms with Gasteiger partial charge in [0, 0.05) is 0 Å². The van der Waals surface area contributed by atoms with Crippen LogP contribution in [0.1, 0.15) is 54.4 Å². The summed E-state index contributed by atoms with van der Waals surface area (Å²) in [6, 6.07) is 0. The molecule has 2 fully saturated rings. The van der Waals surface area contributed by atoms with Gasteiger partial charge in [0.05, 0.1) is 30.5 Å². The lowest BCUT2D eigenvalue weighted by atomic mass is 9.91. The summed E-state index contributed by atoms with van der Waals surface area (Å²) < 4.78 is 11.1. The zero-order valence-electron chi connectivity index (χ0n) is 17.5. The van der Waals surface area contributed by atoms with Gasteiger partial charge in [-0.05, 0) is 36.5 Å². The van der Waals surface area contributed by atoms with E-state index in [9.17, 15) is 10.2 Å². The lowest BCUT2D eigenvalue weighted by Crippen LogP contribution is -2.26. The van der Waals surface area contributed by atoms with E-state index in [-0.39, 0.29) is 18.3 Å². The zero-order chi connectivity index (χ0) is 20.0. The van der Waals surface area contributed by atoms with Gasteiger partial charge in [-0.1, -0.05) is 53.7 Å². The predicted octanol–water partition coefficient (Wildman–Crippen LogP) is 3.97. The molecule has 0 bridgehead atoms. The lowest BCUT2D eigenvalue weighted by Gasteiger charge is -2.21. The Bertz CT molecular complexity index is 434. The van der Waals surface area contributed by atoms with Crippen LogP contribution in [0.25, 0.3) is 0 Å². The molecule has 2 aliphatic heterocycles. The molecule has 2 N–H and O–H groups in total. The van der Waals surface area contributed by atoms with Crippen LogP contribution >= 0.6 is 0 Å². The minimum absolute atomic E-state index is 0.0418. The standard InChI is InChI=1S/2C11H20O2/c1-5-9-10(13-9)6-8(4)11(12)7(2)3;1-5-9(12)10-6-8(4)11(13-10)7(2)3/h2*5,7-12H,1,6H2,2-4H3/t2*8-,9?,10?,11+/m11/s1. The van der Waals surface area contributed by atoms with E-state index >= 15 is 0 Å². The van der Waals surface area contributed by atoms with Gasteiger partial charge in [0.2, 0.25) is 0 Å². The van der Waals surface area contributed by atoms with Gasteiger partial charge in [-0.25, -0.2) is 0 Å². The fourth-order valence-electron chi connectivity index (χ4n) is 3.79. The van der Waals surface area contributed by atoms with Crippen molar-refractivity contribution < 1.29 is 19.7 Å². The average molecular weight is 369 g/mol. The third-order valence-electron chi connectivity index (χ3n) is 5.50. The second-order valence-corrected chi connectivity index (χ2v) is 8.64. The summed E-state index contributed by atoms with van der Waals surface area (Å²) in [6.45, 7) is 19.9. The fraction of sp³-hybridized carbons (Fsp3) is 0.818. The van der Waals surface area contributed by atoms with E-state index in [2.05, 4.69) is 40.9 Å². The van der Waals surface area contributed by atoms with Crippen molar-refractivity contribution in [3.8, 4) is 0 Å². The first-order valence-corrected chi connectivity index (χ1v) is 10.0. The SMILES string of the molecule is C=CC(O)C1C[C@@H](C)[C@H](C(C)C)O1.C=CC1OC1C[C@@H](C)[C@@H](O)C(C)C. The highest BCUT2D eigenvalue weighted by Gasteiger charge is 2.38. The average Bonchev–Trinajstić information content (AvgIpc) is 3.22. The molecule has 0 amide bonds. The number of aliphatic hydroxyl groups excluding tert-OH is 2. The summed E-state index contributed by atoms with van der Waals surface area (Å²) in [4.78, 5) is 0. The Morgan fingerprint density at radius 2 is 1.69 bits per heavy atom. The van der Waals surface area contributed by atoms with Crippen LogP contribution in [0.4, 0.5) is 0 Å². The van der Waals surface area contributed by atoms with Gasteiger partial charge in [0.1, 0.15) is 6.10 Å². The first-order valence-electron chi connectivity index (χ1n) is 10.0. The van der Waals surface area contributed by atoms with Crippen LogP contribution in [0.2, 0.25) is 0 Å². The molecule has 0 aromatic carbocycles. The maximum absolute atomic E-state index is 9.75. The fourth-order valence-corrected chi connectivity index (χ4v) is 3.79. The minimum atomic E-state index is -0.508. The summed E-state index contributed by atoms with van der Waals surface area (Å²) in [5.74, 6) is 1.71. The molecule has 4 unspecified atom stereocenters. The monoisotopic (exact) mass is 368 g/mol. The van der Waals surface area contributed by atoms with Gasteiger partial charge < -0.3 is 19.7 Å². The van der Waals surface area contributed by atoms with E-state index in [1.807, 2.05) is 19.9 Å². The quantitative estimate of drug-likeness (QED) is 0.503. The molecule has 152 valence electrons. The molecule has 8 atom stereocenters. The Hall–Kier alpha value is -0.680. The van der Waals surface area contributed by atoms with E-state index < -0.39 is 6.10 Å². The van der Waals surface area contributed by atoms with Crippen LogP contribution in [0, 0.1) is 23.7 Å². The second kappa shape index (κ2) is 10.6. The molecule has 0 radical (unpaired) electrons. The molecule has 2 rings (SSSR count). The smallest absolute Gasteiger partial charge is 0.102 e. The topological polar surface area (TPSA) is 62.2 Å². The zero-order valence-corrected chi connectivity index (χ0v) is 17.5. The Balaban J connectivity index is 0.000000260. The molecule has 2 saturated heterocycles. The Labute approximate surface area is 160 Å². The van der Waals surface area contributed by atoms with Crippen LogP contribution in [-0.2, 0) is 9.47 Å². The van der Waals surface area contributed by atoms with E-state index in [1.54, 1.807) is 6.08 Å². The molecule has 2 heterocycles. The number of epoxide rings is 1.